The van der Waals surface area contributed by atoms with Crippen molar-refractivity contribution in [2.24, 2.45) is 0 Å². The fourth-order valence-corrected chi connectivity index (χ4v) is 3.76. The molecule has 2 nitrogen and oxygen atoms in total. The highest BCUT2D eigenvalue weighted by Gasteiger charge is 2.13. The Kier molecular flexibility index (Phi) is 13.7. The monoisotopic (exact) mass is 440 g/mol. The lowest BCUT2D eigenvalue weighted by Gasteiger charge is -2.17. The van der Waals surface area contributed by atoms with Gasteiger partial charge in [0, 0.05) is 5.56 Å². The average Bonchev–Trinajstić information content (AvgIpc) is 2.66. The summed E-state index contributed by atoms with van der Waals surface area (Å²) in [6.07, 6.45) is 15.4. The molecule has 1 aromatic carbocycles. The lowest BCUT2D eigenvalue weighted by atomic mass is 10.1. The zero-order chi connectivity index (χ0) is 19.9. The minimum absolute atomic E-state index is 0.793. The summed E-state index contributed by atoms with van der Waals surface area (Å²) < 4.78 is 13.2. The highest BCUT2D eigenvalue weighted by atomic mass is 79.9. The van der Waals surface area contributed by atoms with Gasteiger partial charge in [0.25, 0.3) is 0 Å². The van der Waals surface area contributed by atoms with E-state index in [2.05, 4.69) is 49.7 Å². The van der Waals surface area contributed by atoms with E-state index in [4.69, 9.17) is 9.47 Å². The van der Waals surface area contributed by atoms with Gasteiger partial charge in [-0.1, -0.05) is 78.1 Å². The van der Waals surface area contributed by atoms with E-state index >= 15 is 0 Å². The van der Waals surface area contributed by atoms with Crippen molar-refractivity contribution < 1.29 is 9.47 Å². The minimum atomic E-state index is 0.793. The summed E-state index contributed by atoms with van der Waals surface area (Å²) in [5, 5.41) is 0. The minimum Gasteiger partial charge on any atom is -0.493 e. The van der Waals surface area contributed by atoms with E-state index in [0.29, 0.717) is 0 Å². The maximum absolute atomic E-state index is 6.10. The number of ether oxygens (including phenoxy) is 2. The molecule has 0 atom stereocenters. The molecule has 0 amide bonds. The number of hydrogen-bond acceptors (Lipinski definition) is 2. The molecule has 0 aliphatic carbocycles. The first-order valence-corrected chi connectivity index (χ1v) is 12.0. The SMILES string of the molecule is CCCCCCCCOc1cc(C)c(OCCCCCCCC)c(C)c1Br. The predicted octanol–water partition coefficient (Wildman–Crippen LogP) is 8.54. The molecule has 0 aromatic heterocycles. The van der Waals surface area contributed by atoms with Gasteiger partial charge in [-0.05, 0) is 54.2 Å². The summed E-state index contributed by atoms with van der Waals surface area (Å²) in [5.41, 5.74) is 2.32. The molecule has 156 valence electrons. The Bertz CT molecular complexity index is 514. The molecule has 0 N–H and O–H groups in total. The van der Waals surface area contributed by atoms with Crippen LogP contribution in [0.25, 0.3) is 0 Å². The van der Waals surface area contributed by atoms with E-state index < -0.39 is 0 Å². The van der Waals surface area contributed by atoms with Crippen LogP contribution in [0.5, 0.6) is 11.5 Å². The van der Waals surface area contributed by atoms with Crippen molar-refractivity contribution in [3.05, 3.63) is 21.7 Å². The van der Waals surface area contributed by atoms with E-state index in [0.717, 1.165) is 47.6 Å². The normalized spacial score (nSPS) is 11.0. The summed E-state index contributed by atoms with van der Waals surface area (Å²) in [6, 6.07) is 2.12. The molecular weight excluding hydrogens is 400 g/mol. The molecule has 1 aromatic rings. The number of hydrogen-bond donors (Lipinski definition) is 0. The van der Waals surface area contributed by atoms with Gasteiger partial charge in [0.2, 0.25) is 0 Å². The molecule has 0 aliphatic heterocycles. The molecule has 0 heterocycles. The molecule has 3 heteroatoms. The Morgan fingerprint density at radius 3 is 1.74 bits per heavy atom. The fraction of sp³-hybridized carbons (Fsp3) is 0.750. The lowest BCUT2D eigenvalue weighted by molar-refractivity contribution is 0.291. The van der Waals surface area contributed by atoms with Gasteiger partial charge in [-0.2, -0.15) is 0 Å². The van der Waals surface area contributed by atoms with Crippen LogP contribution in [-0.4, -0.2) is 13.2 Å². The third-order valence-electron chi connectivity index (χ3n) is 5.09. The number of benzene rings is 1. The lowest BCUT2D eigenvalue weighted by Crippen LogP contribution is -2.04. The fourth-order valence-electron chi connectivity index (χ4n) is 3.35. The van der Waals surface area contributed by atoms with Crippen LogP contribution >= 0.6 is 15.9 Å². The second-order valence-electron chi connectivity index (χ2n) is 7.69. The second-order valence-corrected chi connectivity index (χ2v) is 8.49. The summed E-state index contributed by atoms with van der Waals surface area (Å²) in [7, 11) is 0. The zero-order valence-electron chi connectivity index (χ0n) is 18.2. The standard InChI is InChI=1S/C24H41BrO2/c1-5-7-9-11-13-15-17-26-22-19-20(3)24(21(4)23(22)25)27-18-16-14-12-10-8-6-2/h19H,5-18H2,1-4H3. The molecule has 0 aliphatic rings. The van der Waals surface area contributed by atoms with Crippen molar-refractivity contribution in [3.8, 4) is 11.5 Å². The predicted molar refractivity (Wildman–Crippen MR) is 121 cm³/mol. The molecule has 0 radical (unpaired) electrons. The molecule has 0 spiro atoms. The molecule has 27 heavy (non-hydrogen) atoms. The molecule has 0 fully saturated rings. The van der Waals surface area contributed by atoms with Crippen LogP contribution in [0.2, 0.25) is 0 Å². The van der Waals surface area contributed by atoms with Crippen LogP contribution < -0.4 is 9.47 Å². The van der Waals surface area contributed by atoms with Gasteiger partial charge < -0.3 is 9.47 Å². The smallest absolute Gasteiger partial charge is 0.134 e. The Balaban J connectivity index is 2.39. The van der Waals surface area contributed by atoms with Crippen molar-refractivity contribution in [1.29, 1.82) is 0 Å². The topological polar surface area (TPSA) is 18.5 Å². The number of unbranched alkanes of at least 4 members (excludes halogenated alkanes) is 10. The van der Waals surface area contributed by atoms with Crippen LogP contribution in [0.3, 0.4) is 0 Å². The van der Waals surface area contributed by atoms with Gasteiger partial charge in [0.1, 0.15) is 11.5 Å². The van der Waals surface area contributed by atoms with E-state index in [1.165, 1.54) is 69.8 Å². The van der Waals surface area contributed by atoms with Crippen molar-refractivity contribution in [2.45, 2.75) is 105 Å². The Morgan fingerprint density at radius 1 is 0.704 bits per heavy atom. The van der Waals surface area contributed by atoms with Gasteiger partial charge in [0.15, 0.2) is 0 Å². The van der Waals surface area contributed by atoms with Gasteiger partial charge in [-0.15, -0.1) is 0 Å². The molecular formula is C24H41BrO2. The third kappa shape index (κ3) is 9.87. The maximum atomic E-state index is 6.10. The van der Waals surface area contributed by atoms with Crippen LogP contribution in [-0.2, 0) is 0 Å². The Labute approximate surface area is 176 Å². The first kappa shape index (κ1) is 24.3. The zero-order valence-corrected chi connectivity index (χ0v) is 19.8. The van der Waals surface area contributed by atoms with E-state index in [1.807, 2.05) is 0 Å². The van der Waals surface area contributed by atoms with Crippen molar-refractivity contribution in [3.63, 3.8) is 0 Å². The van der Waals surface area contributed by atoms with Crippen molar-refractivity contribution in [2.75, 3.05) is 13.2 Å². The number of rotatable bonds is 16. The van der Waals surface area contributed by atoms with Crippen LogP contribution in [0, 0.1) is 13.8 Å². The number of halogens is 1. The molecule has 0 saturated heterocycles. The molecule has 0 bridgehead atoms. The summed E-state index contributed by atoms with van der Waals surface area (Å²) in [6.45, 7) is 10.3. The van der Waals surface area contributed by atoms with E-state index in [-0.39, 0.29) is 0 Å². The molecule has 0 saturated carbocycles. The van der Waals surface area contributed by atoms with Crippen LogP contribution in [0.4, 0.5) is 0 Å². The van der Waals surface area contributed by atoms with Gasteiger partial charge in [-0.25, -0.2) is 0 Å². The average molecular weight is 441 g/mol. The molecule has 0 unspecified atom stereocenters. The quantitative estimate of drug-likeness (QED) is 0.239. The van der Waals surface area contributed by atoms with Gasteiger partial charge in [0.05, 0.1) is 17.7 Å². The highest BCUT2D eigenvalue weighted by molar-refractivity contribution is 9.10. The van der Waals surface area contributed by atoms with E-state index in [9.17, 15) is 0 Å². The van der Waals surface area contributed by atoms with E-state index in [1.54, 1.807) is 0 Å². The number of aryl methyl sites for hydroxylation is 1. The maximum Gasteiger partial charge on any atom is 0.134 e. The van der Waals surface area contributed by atoms with Gasteiger partial charge in [-0.3, -0.25) is 0 Å². The Hall–Kier alpha value is -0.700. The summed E-state index contributed by atoms with van der Waals surface area (Å²) in [5.74, 6) is 1.97. The largest absolute Gasteiger partial charge is 0.493 e. The van der Waals surface area contributed by atoms with Crippen LogP contribution in [0.15, 0.2) is 10.5 Å². The molecule has 1 rings (SSSR count). The van der Waals surface area contributed by atoms with Crippen LogP contribution in [0.1, 0.15) is 102 Å². The summed E-state index contributed by atoms with van der Waals surface area (Å²) >= 11 is 3.71. The Morgan fingerprint density at radius 2 is 1.19 bits per heavy atom. The van der Waals surface area contributed by atoms with Crippen molar-refractivity contribution >= 4 is 15.9 Å². The first-order valence-electron chi connectivity index (χ1n) is 11.2. The van der Waals surface area contributed by atoms with Crippen molar-refractivity contribution in [1.82, 2.24) is 0 Å². The third-order valence-corrected chi connectivity index (χ3v) is 6.08. The first-order chi connectivity index (χ1) is 13.1. The second kappa shape index (κ2) is 15.2. The highest BCUT2D eigenvalue weighted by Crippen LogP contribution is 2.37. The summed E-state index contributed by atoms with van der Waals surface area (Å²) in [4.78, 5) is 0. The van der Waals surface area contributed by atoms with Gasteiger partial charge >= 0.3 is 0 Å².